The lowest BCUT2D eigenvalue weighted by Gasteiger charge is -2.14. The van der Waals surface area contributed by atoms with E-state index in [1.807, 2.05) is 6.07 Å². The van der Waals surface area contributed by atoms with Crippen molar-refractivity contribution in [1.29, 1.82) is 0 Å². The van der Waals surface area contributed by atoms with Gasteiger partial charge in [0, 0.05) is 31.6 Å². The Bertz CT molecular complexity index is 329. The molecule has 0 spiro atoms. The molecule has 0 saturated carbocycles. The van der Waals surface area contributed by atoms with Crippen LogP contribution >= 0.6 is 0 Å². The van der Waals surface area contributed by atoms with E-state index in [1.165, 1.54) is 25.9 Å². The number of rotatable bonds is 6. The van der Waals surface area contributed by atoms with Gasteiger partial charge in [-0.05, 0) is 25.9 Å². The van der Waals surface area contributed by atoms with Crippen molar-refractivity contribution in [3.05, 3.63) is 17.5 Å². The lowest BCUT2D eigenvalue weighted by atomic mass is 10.1. The maximum Gasteiger partial charge on any atom is 0.139 e. The molecule has 0 bridgehead atoms. The van der Waals surface area contributed by atoms with E-state index in [-0.39, 0.29) is 0 Å². The first kappa shape index (κ1) is 12.6. The molecule has 0 aromatic carbocycles. The summed E-state index contributed by atoms with van der Waals surface area (Å²) < 4.78 is 5.26. The minimum atomic E-state index is 0.417. The Kier molecular flexibility index (Phi) is 4.57. The second-order valence-electron chi connectivity index (χ2n) is 5.10. The zero-order valence-corrected chi connectivity index (χ0v) is 10.9. The SMILES string of the molecule is CC(C)c1cc(CNCCN2CCCC2)no1. The summed E-state index contributed by atoms with van der Waals surface area (Å²) in [6, 6.07) is 2.05. The van der Waals surface area contributed by atoms with Gasteiger partial charge in [0.2, 0.25) is 0 Å². The van der Waals surface area contributed by atoms with Gasteiger partial charge in [-0.3, -0.25) is 0 Å². The maximum absolute atomic E-state index is 5.26. The Labute approximate surface area is 103 Å². The fourth-order valence-corrected chi connectivity index (χ4v) is 2.14. The first-order valence-electron chi connectivity index (χ1n) is 6.64. The topological polar surface area (TPSA) is 41.3 Å². The fourth-order valence-electron chi connectivity index (χ4n) is 2.14. The summed E-state index contributed by atoms with van der Waals surface area (Å²) in [5.41, 5.74) is 1.01. The third kappa shape index (κ3) is 3.82. The Morgan fingerprint density at radius 2 is 2.18 bits per heavy atom. The van der Waals surface area contributed by atoms with Crippen LogP contribution in [0.2, 0.25) is 0 Å². The third-order valence-electron chi connectivity index (χ3n) is 3.26. The molecular weight excluding hydrogens is 214 g/mol. The van der Waals surface area contributed by atoms with Gasteiger partial charge < -0.3 is 14.7 Å². The van der Waals surface area contributed by atoms with E-state index in [2.05, 4.69) is 29.2 Å². The van der Waals surface area contributed by atoms with Gasteiger partial charge in [-0.15, -0.1) is 0 Å². The largest absolute Gasteiger partial charge is 0.361 e. The van der Waals surface area contributed by atoms with Crippen LogP contribution in [0, 0.1) is 0 Å². The average Bonchev–Trinajstić information content (AvgIpc) is 2.96. The third-order valence-corrected chi connectivity index (χ3v) is 3.26. The molecule has 0 radical (unpaired) electrons. The van der Waals surface area contributed by atoms with Crippen LogP contribution < -0.4 is 5.32 Å². The van der Waals surface area contributed by atoms with Crippen LogP contribution in [0.1, 0.15) is 44.1 Å². The molecule has 0 amide bonds. The normalized spacial score (nSPS) is 17.1. The minimum Gasteiger partial charge on any atom is -0.361 e. The molecule has 1 aliphatic heterocycles. The van der Waals surface area contributed by atoms with Crippen LogP contribution in [-0.2, 0) is 6.54 Å². The molecule has 1 N–H and O–H groups in total. The number of hydrogen-bond acceptors (Lipinski definition) is 4. The summed E-state index contributed by atoms with van der Waals surface area (Å²) in [4.78, 5) is 2.51. The monoisotopic (exact) mass is 237 g/mol. The van der Waals surface area contributed by atoms with E-state index in [0.717, 1.165) is 31.1 Å². The number of hydrogen-bond donors (Lipinski definition) is 1. The first-order valence-corrected chi connectivity index (χ1v) is 6.64. The second kappa shape index (κ2) is 6.17. The predicted molar refractivity (Wildman–Crippen MR) is 68.0 cm³/mol. The summed E-state index contributed by atoms with van der Waals surface area (Å²) in [6.45, 7) is 9.76. The molecule has 1 aromatic rings. The van der Waals surface area contributed by atoms with E-state index in [1.54, 1.807) is 0 Å². The molecule has 96 valence electrons. The number of aromatic nitrogens is 1. The molecule has 0 atom stereocenters. The highest BCUT2D eigenvalue weighted by molar-refractivity contribution is 5.08. The summed E-state index contributed by atoms with van der Waals surface area (Å²) in [5.74, 6) is 1.39. The molecule has 4 heteroatoms. The Balaban J connectivity index is 1.63. The van der Waals surface area contributed by atoms with Gasteiger partial charge in [0.15, 0.2) is 0 Å². The van der Waals surface area contributed by atoms with Crippen molar-refractivity contribution in [2.45, 2.75) is 39.2 Å². The molecule has 4 nitrogen and oxygen atoms in total. The maximum atomic E-state index is 5.26. The van der Waals surface area contributed by atoms with Crippen LogP contribution in [0.3, 0.4) is 0 Å². The van der Waals surface area contributed by atoms with E-state index in [9.17, 15) is 0 Å². The molecule has 2 heterocycles. The number of likely N-dealkylation sites (tertiary alicyclic amines) is 1. The van der Waals surface area contributed by atoms with Crippen molar-refractivity contribution in [1.82, 2.24) is 15.4 Å². The van der Waals surface area contributed by atoms with Gasteiger partial charge in [-0.25, -0.2) is 0 Å². The summed E-state index contributed by atoms with van der Waals surface area (Å²) >= 11 is 0. The van der Waals surface area contributed by atoms with Crippen molar-refractivity contribution in [3.8, 4) is 0 Å². The highest BCUT2D eigenvalue weighted by Crippen LogP contribution is 2.14. The predicted octanol–water partition coefficient (Wildman–Crippen LogP) is 1.98. The van der Waals surface area contributed by atoms with Gasteiger partial charge >= 0.3 is 0 Å². The molecule has 1 aliphatic rings. The van der Waals surface area contributed by atoms with Gasteiger partial charge in [0.05, 0.1) is 5.69 Å². The van der Waals surface area contributed by atoms with Gasteiger partial charge in [0.1, 0.15) is 5.76 Å². The smallest absolute Gasteiger partial charge is 0.139 e. The van der Waals surface area contributed by atoms with Crippen LogP contribution in [0.5, 0.6) is 0 Å². The highest BCUT2D eigenvalue weighted by atomic mass is 16.5. The number of nitrogens with zero attached hydrogens (tertiary/aromatic N) is 2. The Morgan fingerprint density at radius 1 is 1.41 bits per heavy atom. The summed E-state index contributed by atoms with van der Waals surface area (Å²) in [7, 11) is 0. The van der Waals surface area contributed by atoms with E-state index >= 15 is 0 Å². The van der Waals surface area contributed by atoms with Gasteiger partial charge in [-0.2, -0.15) is 0 Å². The Morgan fingerprint density at radius 3 is 2.82 bits per heavy atom. The van der Waals surface area contributed by atoms with Crippen molar-refractivity contribution in [2.75, 3.05) is 26.2 Å². The van der Waals surface area contributed by atoms with Crippen LogP contribution in [0.15, 0.2) is 10.6 Å². The molecule has 17 heavy (non-hydrogen) atoms. The van der Waals surface area contributed by atoms with Crippen molar-refractivity contribution < 1.29 is 4.52 Å². The lowest BCUT2D eigenvalue weighted by Crippen LogP contribution is -2.29. The van der Waals surface area contributed by atoms with Crippen molar-refractivity contribution in [2.24, 2.45) is 0 Å². The molecule has 1 fully saturated rings. The standard InChI is InChI=1S/C13H23N3O/c1-11(2)13-9-12(15-17-13)10-14-5-8-16-6-3-4-7-16/h9,11,14H,3-8,10H2,1-2H3. The van der Waals surface area contributed by atoms with Crippen LogP contribution in [-0.4, -0.2) is 36.2 Å². The summed E-state index contributed by atoms with van der Waals surface area (Å²) in [6.07, 6.45) is 2.72. The number of nitrogens with one attached hydrogen (secondary N) is 1. The van der Waals surface area contributed by atoms with Crippen LogP contribution in [0.4, 0.5) is 0 Å². The molecular formula is C13H23N3O. The average molecular weight is 237 g/mol. The first-order chi connectivity index (χ1) is 8.25. The molecule has 2 rings (SSSR count). The van der Waals surface area contributed by atoms with Crippen molar-refractivity contribution >= 4 is 0 Å². The van der Waals surface area contributed by atoms with Crippen LogP contribution in [0.25, 0.3) is 0 Å². The van der Waals surface area contributed by atoms with E-state index in [0.29, 0.717) is 5.92 Å². The van der Waals surface area contributed by atoms with Crippen molar-refractivity contribution in [3.63, 3.8) is 0 Å². The van der Waals surface area contributed by atoms with Gasteiger partial charge in [-0.1, -0.05) is 19.0 Å². The molecule has 0 unspecified atom stereocenters. The fraction of sp³-hybridized carbons (Fsp3) is 0.769. The molecule has 0 aliphatic carbocycles. The minimum absolute atomic E-state index is 0.417. The lowest BCUT2D eigenvalue weighted by molar-refractivity contribution is 0.333. The zero-order chi connectivity index (χ0) is 12.1. The van der Waals surface area contributed by atoms with E-state index < -0.39 is 0 Å². The molecule has 1 saturated heterocycles. The van der Waals surface area contributed by atoms with E-state index in [4.69, 9.17) is 4.52 Å². The quantitative estimate of drug-likeness (QED) is 0.768. The Hall–Kier alpha value is -0.870. The van der Waals surface area contributed by atoms with Gasteiger partial charge in [0.25, 0.3) is 0 Å². The highest BCUT2D eigenvalue weighted by Gasteiger charge is 2.10. The zero-order valence-electron chi connectivity index (χ0n) is 10.9. The summed E-state index contributed by atoms with van der Waals surface area (Å²) in [5, 5.41) is 7.47. The second-order valence-corrected chi connectivity index (χ2v) is 5.10. The molecule has 1 aromatic heterocycles.